The zero-order valence-corrected chi connectivity index (χ0v) is 54.8. The predicted molar refractivity (Wildman–Crippen MR) is 353 cm³/mol. The third-order valence-electron chi connectivity index (χ3n) is 16.6. The molecule has 0 saturated carbocycles. The van der Waals surface area contributed by atoms with E-state index in [9.17, 15) is 14.4 Å². The van der Waals surface area contributed by atoms with Crippen LogP contribution < -0.4 is 0 Å². The Labute approximate surface area is 506 Å². The highest BCUT2D eigenvalue weighted by Gasteiger charge is 2.19. The largest absolute Gasteiger partial charge is 0.462 e. The van der Waals surface area contributed by atoms with E-state index in [1.165, 1.54) is 302 Å². The normalized spacial score (nSPS) is 12.2. The van der Waals surface area contributed by atoms with Gasteiger partial charge in [-0.15, -0.1) is 0 Å². The van der Waals surface area contributed by atoms with E-state index < -0.39 is 6.10 Å². The van der Waals surface area contributed by atoms with E-state index in [2.05, 4.69) is 57.2 Å². The van der Waals surface area contributed by atoms with E-state index in [0.717, 1.165) is 64.2 Å². The first-order valence-electron chi connectivity index (χ1n) is 36.5. The average Bonchev–Trinajstić information content (AvgIpc) is 3.46. The van der Waals surface area contributed by atoms with Crippen LogP contribution in [0.25, 0.3) is 0 Å². The van der Waals surface area contributed by atoms with Gasteiger partial charge >= 0.3 is 17.9 Å². The van der Waals surface area contributed by atoms with Gasteiger partial charge in [-0.05, 0) is 77.0 Å². The van der Waals surface area contributed by atoms with Crippen molar-refractivity contribution in [2.45, 2.75) is 412 Å². The van der Waals surface area contributed by atoms with E-state index in [0.29, 0.717) is 19.3 Å². The van der Waals surface area contributed by atoms with Crippen molar-refractivity contribution in [3.63, 3.8) is 0 Å². The molecule has 0 saturated heterocycles. The molecule has 0 amide bonds. The molecule has 0 aliphatic carbocycles. The van der Waals surface area contributed by atoms with Crippen molar-refractivity contribution in [2.24, 2.45) is 0 Å². The van der Waals surface area contributed by atoms with Crippen molar-refractivity contribution >= 4 is 17.9 Å². The minimum absolute atomic E-state index is 0.0680. The second-order valence-corrected chi connectivity index (χ2v) is 24.9. The summed E-state index contributed by atoms with van der Waals surface area (Å²) >= 11 is 0. The van der Waals surface area contributed by atoms with Gasteiger partial charge in [-0.1, -0.05) is 346 Å². The monoisotopic (exact) mass is 1140 g/mol. The van der Waals surface area contributed by atoms with Crippen LogP contribution in [0.15, 0.2) is 36.5 Å². The van der Waals surface area contributed by atoms with Crippen molar-refractivity contribution in [1.82, 2.24) is 0 Å². The summed E-state index contributed by atoms with van der Waals surface area (Å²) in [5.41, 5.74) is 0. The molecule has 0 rings (SSSR count). The van der Waals surface area contributed by atoms with Gasteiger partial charge in [0.1, 0.15) is 13.2 Å². The number of carbonyl (C=O) groups excluding carboxylic acids is 3. The Bertz CT molecular complexity index is 1350. The van der Waals surface area contributed by atoms with Gasteiger partial charge in [0, 0.05) is 19.3 Å². The van der Waals surface area contributed by atoms with Gasteiger partial charge in [0.2, 0.25) is 0 Å². The lowest BCUT2D eigenvalue weighted by Gasteiger charge is -2.18. The van der Waals surface area contributed by atoms with Gasteiger partial charge in [0.05, 0.1) is 0 Å². The third-order valence-corrected chi connectivity index (χ3v) is 16.6. The molecular formula is C75H140O6. The molecule has 0 radical (unpaired) electrons. The van der Waals surface area contributed by atoms with Crippen LogP contribution in [0.4, 0.5) is 0 Å². The van der Waals surface area contributed by atoms with Crippen LogP contribution in [0.5, 0.6) is 0 Å². The smallest absolute Gasteiger partial charge is 0.306 e. The van der Waals surface area contributed by atoms with Gasteiger partial charge in [-0.2, -0.15) is 0 Å². The first kappa shape index (κ1) is 78.6. The topological polar surface area (TPSA) is 78.9 Å². The highest BCUT2D eigenvalue weighted by atomic mass is 16.6. The standard InChI is InChI=1S/C75H140O6/c1-4-7-10-13-16-19-22-25-27-29-31-32-33-34-35-36-37-38-39-40-41-42-44-45-47-50-53-56-59-62-65-68-74(77)80-71-72(70-79-73(76)67-64-61-58-55-52-49-24-21-18-15-12-9-6-3)81-75(78)69-66-63-60-57-54-51-48-46-43-30-28-26-23-20-17-14-11-8-5-2/h17,20,26,28-29,31,72H,4-16,18-19,21-25,27,30,32-71H2,1-3H3/b20-17-,28-26-,31-29-. The fourth-order valence-electron chi connectivity index (χ4n) is 11.1. The first-order valence-corrected chi connectivity index (χ1v) is 36.5. The average molecular weight is 1140 g/mol. The maximum absolute atomic E-state index is 12.9. The fourth-order valence-corrected chi connectivity index (χ4v) is 11.1. The molecule has 0 spiro atoms. The molecule has 1 unspecified atom stereocenters. The Morgan fingerprint density at radius 3 is 0.716 bits per heavy atom. The lowest BCUT2D eigenvalue weighted by molar-refractivity contribution is -0.167. The van der Waals surface area contributed by atoms with Crippen molar-refractivity contribution in [1.29, 1.82) is 0 Å². The number of allylic oxidation sites excluding steroid dienone is 6. The molecule has 0 aliphatic heterocycles. The van der Waals surface area contributed by atoms with E-state index >= 15 is 0 Å². The summed E-state index contributed by atoms with van der Waals surface area (Å²) in [5.74, 6) is -0.842. The van der Waals surface area contributed by atoms with E-state index in [4.69, 9.17) is 14.2 Å². The number of esters is 3. The molecule has 0 aromatic rings. The minimum atomic E-state index is -0.772. The van der Waals surface area contributed by atoms with Crippen molar-refractivity contribution in [2.75, 3.05) is 13.2 Å². The molecule has 0 aromatic carbocycles. The molecule has 0 N–H and O–H groups in total. The van der Waals surface area contributed by atoms with Gasteiger partial charge in [-0.3, -0.25) is 14.4 Å². The van der Waals surface area contributed by atoms with Gasteiger partial charge in [-0.25, -0.2) is 0 Å². The third kappa shape index (κ3) is 68.3. The Morgan fingerprint density at radius 1 is 0.247 bits per heavy atom. The Kier molecular flexibility index (Phi) is 68.1. The number of ether oxygens (including phenoxy) is 3. The number of hydrogen-bond donors (Lipinski definition) is 0. The zero-order chi connectivity index (χ0) is 58.5. The second kappa shape index (κ2) is 70.1. The highest BCUT2D eigenvalue weighted by molar-refractivity contribution is 5.71. The van der Waals surface area contributed by atoms with Crippen molar-refractivity contribution in [3.8, 4) is 0 Å². The summed E-state index contributed by atoms with van der Waals surface area (Å²) in [7, 11) is 0. The number of hydrogen-bond acceptors (Lipinski definition) is 6. The lowest BCUT2D eigenvalue weighted by Crippen LogP contribution is -2.30. The van der Waals surface area contributed by atoms with Crippen LogP contribution >= 0.6 is 0 Å². The molecule has 0 fully saturated rings. The lowest BCUT2D eigenvalue weighted by atomic mass is 10.0. The SMILES string of the molecule is CCCCC/C=C\C/C=C\CCCCCCCCCCCC(=O)OC(COC(=O)CCCCCCCCCCCCCCC)COC(=O)CCCCCCCCCCCCCCCCCCCCC/C=C\CCCCCCCCCC. The summed E-state index contributed by atoms with van der Waals surface area (Å²) in [4.78, 5) is 38.4. The Hall–Kier alpha value is -2.37. The van der Waals surface area contributed by atoms with Gasteiger partial charge in [0.25, 0.3) is 0 Å². The van der Waals surface area contributed by atoms with Crippen molar-refractivity contribution < 1.29 is 28.6 Å². The molecule has 476 valence electrons. The number of unbranched alkanes of at least 4 members (excludes halogenated alkanes) is 51. The zero-order valence-electron chi connectivity index (χ0n) is 54.8. The van der Waals surface area contributed by atoms with E-state index in [1.807, 2.05) is 0 Å². The Morgan fingerprint density at radius 2 is 0.444 bits per heavy atom. The van der Waals surface area contributed by atoms with Gasteiger partial charge in [0.15, 0.2) is 6.10 Å². The molecule has 1 atom stereocenters. The number of rotatable bonds is 68. The molecule has 0 bridgehead atoms. The highest BCUT2D eigenvalue weighted by Crippen LogP contribution is 2.19. The second-order valence-electron chi connectivity index (χ2n) is 24.9. The number of carbonyl (C=O) groups is 3. The van der Waals surface area contributed by atoms with Crippen LogP contribution in [0.2, 0.25) is 0 Å². The first-order chi connectivity index (χ1) is 40.0. The summed E-state index contributed by atoms with van der Waals surface area (Å²) in [6.45, 7) is 6.68. The molecule has 81 heavy (non-hydrogen) atoms. The van der Waals surface area contributed by atoms with Crippen molar-refractivity contribution in [3.05, 3.63) is 36.5 Å². The predicted octanol–water partition coefficient (Wildman–Crippen LogP) is 25.1. The summed E-state index contributed by atoms with van der Waals surface area (Å²) < 4.78 is 17.0. The summed E-state index contributed by atoms with van der Waals surface area (Å²) in [5, 5.41) is 0. The fraction of sp³-hybridized carbons (Fsp3) is 0.880. The molecule has 6 nitrogen and oxygen atoms in total. The molecular weight excluding hydrogens is 997 g/mol. The summed E-state index contributed by atoms with van der Waals surface area (Å²) in [6, 6.07) is 0. The summed E-state index contributed by atoms with van der Waals surface area (Å²) in [6.07, 6.45) is 87.6. The van der Waals surface area contributed by atoms with E-state index in [-0.39, 0.29) is 31.1 Å². The minimum Gasteiger partial charge on any atom is -0.462 e. The molecule has 0 heterocycles. The van der Waals surface area contributed by atoms with Crippen LogP contribution in [-0.2, 0) is 28.6 Å². The van der Waals surface area contributed by atoms with Crippen LogP contribution in [0.3, 0.4) is 0 Å². The quantitative estimate of drug-likeness (QED) is 0.0261. The Balaban J connectivity index is 4.15. The van der Waals surface area contributed by atoms with Crippen LogP contribution in [0.1, 0.15) is 406 Å². The van der Waals surface area contributed by atoms with E-state index in [1.54, 1.807) is 0 Å². The molecule has 6 heteroatoms. The maximum Gasteiger partial charge on any atom is 0.306 e. The molecule has 0 aliphatic rings. The maximum atomic E-state index is 12.9. The van der Waals surface area contributed by atoms with Crippen LogP contribution in [0, 0.1) is 0 Å². The van der Waals surface area contributed by atoms with Gasteiger partial charge < -0.3 is 14.2 Å². The van der Waals surface area contributed by atoms with Crippen LogP contribution in [-0.4, -0.2) is 37.2 Å². The molecule has 0 aromatic heterocycles.